The first-order valence-corrected chi connectivity index (χ1v) is 11.7. The van der Waals surface area contributed by atoms with Crippen LogP contribution in [0.4, 0.5) is 11.4 Å². The lowest BCUT2D eigenvalue weighted by Gasteiger charge is -2.18. The number of carbonyl (C=O) groups excluding carboxylic acids is 1. The number of rotatable bonds is 7. The van der Waals surface area contributed by atoms with Crippen molar-refractivity contribution in [2.75, 3.05) is 23.3 Å². The molecule has 0 saturated carbocycles. The molecule has 6 nitrogen and oxygen atoms in total. The van der Waals surface area contributed by atoms with E-state index in [-0.39, 0.29) is 16.7 Å². The Kier molecular flexibility index (Phi) is 6.61. The van der Waals surface area contributed by atoms with Crippen LogP contribution in [0.5, 0.6) is 5.75 Å². The number of benzene rings is 2. The molecular formula is C20H19BrN2O4S2. The minimum absolute atomic E-state index is 0.155. The molecule has 0 spiro atoms. The Hall–Kier alpha value is -2.36. The maximum atomic E-state index is 12.6. The summed E-state index contributed by atoms with van der Waals surface area (Å²) in [6.07, 6.45) is 0. The van der Waals surface area contributed by atoms with E-state index in [1.807, 2.05) is 25.1 Å². The second-order valence-corrected chi connectivity index (χ2v) is 10.3. The Morgan fingerprint density at radius 1 is 1.17 bits per heavy atom. The lowest BCUT2D eigenvalue weighted by atomic mass is 10.2. The molecule has 3 rings (SSSR count). The molecule has 1 amide bonds. The molecule has 0 aliphatic carbocycles. The summed E-state index contributed by atoms with van der Waals surface area (Å²) in [7, 11) is -2.09. The predicted molar refractivity (Wildman–Crippen MR) is 119 cm³/mol. The number of amides is 1. The number of hydrogen-bond acceptors (Lipinski definition) is 5. The lowest BCUT2D eigenvalue weighted by molar-refractivity contribution is -0.118. The summed E-state index contributed by atoms with van der Waals surface area (Å²) in [5.41, 5.74) is 2.16. The van der Waals surface area contributed by atoms with Crippen molar-refractivity contribution in [3.05, 3.63) is 70.0 Å². The number of ether oxygens (including phenoxy) is 1. The molecule has 0 radical (unpaired) electrons. The third kappa shape index (κ3) is 5.17. The topological polar surface area (TPSA) is 75.7 Å². The van der Waals surface area contributed by atoms with Crippen LogP contribution >= 0.6 is 27.3 Å². The summed E-state index contributed by atoms with van der Waals surface area (Å²) < 4.78 is 33.1. The van der Waals surface area contributed by atoms with Crippen LogP contribution in [0.25, 0.3) is 0 Å². The molecule has 29 heavy (non-hydrogen) atoms. The van der Waals surface area contributed by atoms with Crippen molar-refractivity contribution in [1.82, 2.24) is 0 Å². The van der Waals surface area contributed by atoms with E-state index in [4.69, 9.17) is 4.74 Å². The highest BCUT2D eigenvalue weighted by Crippen LogP contribution is 2.26. The van der Waals surface area contributed by atoms with Crippen molar-refractivity contribution in [2.45, 2.75) is 11.1 Å². The minimum Gasteiger partial charge on any atom is -0.484 e. The third-order valence-electron chi connectivity index (χ3n) is 4.14. The fourth-order valence-electron chi connectivity index (χ4n) is 2.54. The first-order chi connectivity index (χ1) is 13.8. The van der Waals surface area contributed by atoms with E-state index in [0.29, 0.717) is 11.4 Å². The summed E-state index contributed by atoms with van der Waals surface area (Å²) in [6, 6.07) is 15.4. The number of anilines is 2. The van der Waals surface area contributed by atoms with Gasteiger partial charge in [-0.3, -0.25) is 9.10 Å². The van der Waals surface area contributed by atoms with Crippen LogP contribution in [0.15, 0.2) is 68.7 Å². The highest BCUT2D eigenvalue weighted by Gasteiger charge is 2.22. The zero-order chi connectivity index (χ0) is 21.0. The number of nitrogens with zero attached hydrogens (tertiary/aromatic N) is 1. The van der Waals surface area contributed by atoms with Crippen LogP contribution in [-0.2, 0) is 14.8 Å². The first-order valence-electron chi connectivity index (χ1n) is 8.58. The molecule has 2 aromatic carbocycles. The summed E-state index contributed by atoms with van der Waals surface area (Å²) in [4.78, 5) is 12.1. The molecule has 1 N–H and O–H groups in total. The van der Waals surface area contributed by atoms with Gasteiger partial charge in [-0.05, 0) is 66.4 Å². The molecular weight excluding hydrogens is 476 g/mol. The molecule has 0 fully saturated rings. The molecule has 3 aromatic rings. The van der Waals surface area contributed by atoms with Gasteiger partial charge >= 0.3 is 0 Å². The van der Waals surface area contributed by atoms with Gasteiger partial charge in [-0.1, -0.05) is 22.0 Å². The number of nitrogens with one attached hydrogen (secondary N) is 1. The molecule has 152 valence electrons. The van der Waals surface area contributed by atoms with Gasteiger partial charge in [0.1, 0.15) is 9.96 Å². The molecule has 0 atom stereocenters. The molecule has 0 aliphatic heterocycles. The number of sulfonamides is 1. The maximum Gasteiger partial charge on any atom is 0.273 e. The van der Waals surface area contributed by atoms with Crippen LogP contribution in [0.3, 0.4) is 0 Å². The van der Waals surface area contributed by atoms with E-state index < -0.39 is 10.0 Å². The van der Waals surface area contributed by atoms with Gasteiger partial charge in [0, 0.05) is 17.2 Å². The van der Waals surface area contributed by atoms with E-state index in [1.165, 1.54) is 22.7 Å². The zero-order valence-electron chi connectivity index (χ0n) is 15.8. The van der Waals surface area contributed by atoms with Gasteiger partial charge in [0.05, 0.1) is 5.69 Å². The molecule has 1 aromatic heterocycles. The fraction of sp³-hybridized carbons (Fsp3) is 0.150. The van der Waals surface area contributed by atoms with Gasteiger partial charge in [0.2, 0.25) is 0 Å². The SMILES string of the molecule is Cc1cc(Br)ccc1NC(=O)COc1ccc(N(C)S(=O)(=O)c2cccs2)cc1. The molecule has 1 heterocycles. The summed E-state index contributed by atoms with van der Waals surface area (Å²) in [5, 5.41) is 4.52. The van der Waals surface area contributed by atoms with Gasteiger partial charge in [0.25, 0.3) is 15.9 Å². The van der Waals surface area contributed by atoms with Crippen LogP contribution in [0.2, 0.25) is 0 Å². The Balaban J connectivity index is 1.60. The number of hydrogen-bond donors (Lipinski definition) is 1. The lowest BCUT2D eigenvalue weighted by Crippen LogP contribution is -2.25. The molecule has 0 bridgehead atoms. The van der Waals surface area contributed by atoms with Crippen LogP contribution in [0.1, 0.15) is 5.56 Å². The first kappa shape index (κ1) is 21.4. The predicted octanol–water partition coefficient (Wildman–Crippen LogP) is 4.66. The molecule has 0 unspecified atom stereocenters. The third-order valence-corrected chi connectivity index (χ3v) is 7.79. The standard InChI is InChI=1S/C20H19BrN2O4S2/c1-14-12-15(21)5-10-18(14)22-19(24)13-27-17-8-6-16(7-9-17)23(2)29(25,26)20-4-3-11-28-20/h3-12H,13H2,1-2H3,(H,22,24). The fourth-order valence-corrected chi connectivity index (χ4v) is 5.37. The Labute approximate surface area is 182 Å². The van der Waals surface area contributed by atoms with E-state index in [9.17, 15) is 13.2 Å². The van der Waals surface area contributed by atoms with Crippen LogP contribution < -0.4 is 14.4 Å². The van der Waals surface area contributed by atoms with E-state index in [2.05, 4.69) is 21.2 Å². The second-order valence-electron chi connectivity index (χ2n) is 6.19. The van der Waals surface area contributed by atoms with E-state index in [1.54, 1.807) is 41.8 Å². The van der Waals surface area contributed by atoms with E-state index >= 15 is 0 Å². The van der Waals surface area contributed by atoms with Crippen molar-refractivity contribution in [1.29, 1.82) is 0 Å². The highest BCUT2D eigenvalue weighted by molar-refractivity contribution is 9.10. The Morgan fingerprint density at radius 3 is 2.52 bits per heavy atom. The quantitative estimate of drug-likeness (QED) is 0.518. The van der Waals surface area contributed by atoms with Crippen molar-refractivity contribution in [3.63, 3.8) is 0 Å². The highest BCUT2D eigenvalue weighted by atomic mass is 79.9. The summed E-state index contributed by atoms with van der Waals surface area (Å²) >= 11 is 4.55. The normalized spacial score (nSPS) is 11.1. The number of thiophene rings is 1. The average Bonchev–Trinajstić information content (AvgIpc) is 3.24. The van der Waals surface area contributed by atoms with Crippen LogP contribution in [-0.4, -0.2) is 28.0 Å². The van der Waals surface area contributed by atoms with Crippen LogP contribution in [0, 0.1) is 6.92 Å². The average molecular weight is 495 g/mol. The van der Waals surface area contributed by atoms with Crippen molar-refractivity contribution in [3.8, 4) is 5.75 Å². The minimum atomic E-state index is -3.59. The van der Waals surface area contributed by atoms with Gasteiger partial charge in [0.15, 0.2) is 6.61 Å². The molecule has 0 aliphatic rings. The Morgan fingerprint density at radius 2 is 1.90 bits per heavy atom. The van der Waals surface area contributed by atoms with Crippen molar-refractivity contribution < 1.29 is 17.9 Å². The monoisotopic (exact) mass is 494 g/mol. The Bertz CT molecular complexity index is 1100. The van der Waals surface area contributed by atoms with Gasteiger partial charge in [-0.25, -0.2) is 8.42 Å². The number of halogens is 1. The maximum absolute atomic E-state index is 12.6. The van der Waals surface area contributed by atoms with Crippen molar-refractivity contribution in [2.24, 2.45) is 0 Å². The van der Waals surface area contributed by atoms with Gasteiger partial charge < -0.3 is 10.1 Å². The van der Waals surface area contributed by atoms with Gasteiger partial charge in [-0.2, -0.15) is 0 Å². The van der Waals surface area contributed by atoms with E-state index in [0.717, 1.165) is 15.7 Å². The largest absolute Gasteiger partial charge is 0.484 e. The molecule has 9 heteroatoms. The zero-order valence-corrected chi connectivity index (χ0v) is 19.0. The molecule has 0 saturated heterocycles. The van der Waals surface area contributed by atoms with Gasteiger partial charge in [-0.15, -0.1) is 11.3 Å². The second kappa shape index (κ2) is 8.98. The smallest absolute Gasteiger partial charge is 0.273 e. The van der Waals surface area contributed by atoms with Crippen molar-refractivity contribution >= 4 is 54.6 Å². The number of aryl methyl sites for hydroxylation is 1. The number of carbonyl (C=O) groups is 1. The summed E-state index contributed by atoms with van der Waals surface area (Å²) in [6.45, 7) is 1.75. The summed E-state index contributed by atoms with van der Waals surface area (Å²) in [5.74, 6) is 0.190.